The third-order valence-electron chi connectivity index (χ3n) is 3.57. The van der Waals surface area contributed by atoms with E-state index >= 15 is 0 Å². The first-order chi connectivity index (χ1) is 9.69. The number of benzene rings is 1. The molecule has 0 saturated carbocycles. The topological polar surface area (TPSA) is 37.3 Å². The smallest absolute Gasteiger partial charge is 0.146 e. The minimum absolute atomic E-state index is 0.0502. The molecule has 2 heteroatoms. The number of hydrogen-bond acceptors (Lipinski definition) is 2. The third-order valence-corrected chi connectivity index (χ3v) is 3.57. The molecule has 0 heterocycles. The van der Waals surface area contributed by atoms with E-state index in [9.17, 15) is 9.90 Å². The van der Waals surface area contributed by atoms with Gasteiger partial charge in [0.25, 0.3) is 0 Å². The average molecular weight is 274 g/mol. The summed E-state index contributed by atoms with van der Waals surface area (Å²) in [5.41, 5.74) is 0.950. The van der Waals surface area contributed by atoms with E-state index in [1.54, 1.807) is 6.08 Å². The van der Waals surface area contributed by atoms with Crippen LogP contribution in [0.2, 0.25) is 0 Å². The van der Waals surface area contributed by atoms with Gasteiger partial charge in [-0.1, -0.05) is 69.0 Å². The molecule has 0 fully saturated rings. The van der Waals surface area contributed by atoms with Crippen LogP contribution in [0.5, 0.6) is 0 Å². The van der Waals surface area contributed by atoms with Gasteiger partial charge >= 0.3 is 0 Å². The van der Waals surface area contributed by atoms with E-state index in [2.05, 4.69) is 13.5 Å². The Labute approximate surface area is 122 Å². The fourth-order valence-corrected chi connectivity index (χ4v) is 2.38. The van der Waals surface area contributed by atoms with E-state index in [1.165, 1.54) is 12.8 Å². The molecule has 1 N–H and O–H groups in total. The Morgan fingerprint density at radius 2 is 1.95 bits per heavy atom. The van der Waals surface area contributed by atoms with Gasteiger partial charge < -0.3 is 5.11 Å². The van der Waals surface area contributed by atoms with E-state index in [0.29, 0.717) is 6.42 Å². The van der Waals surface area contributed by atoms with Crippen molar-refractivity contribution in [1.29, 1.82) is 0 Å². The second-order valence-corrected chi connectivity index (χ2v) is 5.30. The minimum atomic E-state index is -0.523. The number of carbonyl (C=O) groups excluding carboxylic acids is 1. The molecule has 2 atom stereocenters. The van der Waals surface area contributed by atoms with Crippen LogP contribution >= 0.6 is 0 Å². The van der Waals surface area contributed by atoms with Gasteiger partial charge in [-0.15, -0.1) is 6.58 Å². The van der Waals surface area contributed by atoms with Gasteiger partial charge in [0.1, 0.15) is 5.78 Å². The summed E-state index contributed by atoms with van der Waals surface area (Å²) in [7, 11) is 0. The molecule has 1 rings (SSSR count). The second-order valence-electron chi connectivity index (χ2n) is 5.30. The van der Waals surface area contributed by atoms with Crippen molar-refractivity contribution in [2.24, 2.45) is 0 Å². The summed E-state index contributed by atoms with van der Waals surface area (Å²) in [4.78, 5) is 12.2. The molecule has 1 aromatic carbocycles. The lowest BCUT2D eigenvalue weighted by atomic mass is 9.91. The van der Waals surface area contributed by atoms with E-state index in [0.717, 1.165) is 18.4 Å². The zero-order valence-electron chi connectivity index (χ0n) is 12.4. The fourth-order valence-electron chi connectivity index (χ4n) is 2.38. The molecule has 0 spiro atoms. The first-order valence-corrected chi connectivity index (χ1v) is 7.57. The maximum absolute atomic E-state index is 12.2. The van der Waals surface area contributed by atoms with Gasteiger partial charge in [-0.2, -0.15) is 0 Å². The van der Waals surface area contributed by atoms with Crippen LogP contribution in [0, 0.1) is 0 Å². The molecule has 110 valence electrons. The highest BCUT2D eigenvalue weighted by Gasteiger charge is 2.19. The summed E-state index contributed by atoms with van der Waals surface area (Å²) in [6, 6.07) is 9.62. The number of hydrogen-bond donors (Lipinski definition) is 1. The normalized spacial score (nSPS) is 13.7. The number of aliphatic hydroxyl groups excluding tert-OH is 1. The number of Topliss-reactive ketones (excluding diaryl/α,β-unsaturated/α-hetero) is 1. The first kappa shape index (κ1) is 16.6. The SMILES string of the molecule is C=CC(C(=O)CC(O)CCCCCC)c1ccccc1. The molecule has 0 amide bonds. The van der Waals surface area contributed by atoms with Crippen molar-refractivity contribution in [3.05, 3.63) is 48.6 Å². The molecule has 0 aliphatic heterocycles. The maximum Gasteiger partial charge on any atom is 0.146 e. The van der Waals surface area contributed by atoms with Crippen LogP contribution in [0.15, 0.2) is 43.0 Å². The van der Waals surface area contributed by atoms with Crippen molar-refractivity contribution in [2.75, 3.05) is 0 Å². The van der Waals surface area contributed by atoms with E-state index < -0.39 is 6.10 Å². The molecule has 2 nitrogen and oxygen atoms in total. The van der Waals surface area contributed by atoms with Crippen molar-refractivity contribution >= 4 is 5.78 Å². The third kappa shape index (κ3) is 5.70. The predicted octanol–water partition coefficient (Wildman–Crippen LogP) is 4.25. The summed E-state index contributed by atoms with van der Waals surface area (Å²) < 4.78 is 0. The molecule has 0 aliphatic rings. The zero-order chi connectivity index (χ0) is 14.8. The summed E-state index contributed by atoms with van der Waals surface area (Å²) >= 11 is 0. The molecular formula is C18H26O2. The van der Waals surface area contributed by atoms with Crippen LogP contribution in [0.25, 0.3) is 0 Å². The standard InChI is InChI=1S/C18H26O2/c1-3-5-6-10-13-16(19)14-18(20)17(4-2)15-11-8-7-9-12-15/h4,7-9,11-12,16-17,19H,2-3,5-6,10,13-14H2,1H3. The van der Waals surface area contributed by atoms with Gasteiger partial charge in [0, 0.05) is 6.42 Å². The molecule has 0 radical (unpaired) electrons. The molecule has 0 saturated heterocycles. The number of carbonyl (C=O) groups is 1. The number of rotatable bonds is 10. The van der Waals surface area contributed by atoms with Crippen molar-refractivity contribution in [2.45, 2.75) is 57.5 Å². The monoisotopic (exact) mass is 274 g/mol. The lowest BCUT2D eigenvalue weighted by Gasteiger charge is -2.15. The van der Waals surface area contributed by atoms with Crippen molar-refractivity contribution < 1.29 is 9.90 Å². The average Bonchev–Trinajstić information content (AvgIpc) is 2.45. The predicted molar refractivity (Wildman–Crippen MR) is 83.8 cm³/mol. The van der Waals surface area contributed by atoms with E-state index in [-0.39, 0.29) is 18.1 Å². The zero-order valence-corrected chi connectivity index (χ0v) is 12.4. The van der Waals surface area contributed by atoms with Gasteiger partial charge in [-0.05, 0) is 12.0 Å². The van der Waals surface area contributed by atoms with Gasteiger partial charge in [-0.25, -0.2) is 0 Å². The Balaban J connectivity index is 2.45. The Kier molecular flexibility index (Phi) is 7.89. The summed E-state index contributed by atoms with van der Waals surface area (Å²) in [6.07, 6.45) is 6.58. The highest BCUT2D eigenvalue weighted by molar-refractivity contribution is 5.87. The van der Waals surface area contributed by atoms with E-state index in [4.69, 9.17) is 0 Å². The van der Waals surface area contributed by atoms with Gasteiger partial charge in [0.2, 0.25) is 0 Å². The highest BCUT2D eigenvalue weighted by atomic mass is 16.3. The first-order valence-electron chi connectivity index (χ1n) is 7.57. The van der Waals surface area contributed by atoms with Crippen LogP contribution in [-0.2, 0) is 4.79 Å². The van der Waals surface area contributed by atoms with E-state index in [1.807, 2.05) is 30.3 Å². The molecule has 0 bridgehead atoms. The van der Waals surface area contributed by atoms with Crippen molar-refractivity contribution in [3.63, 3.8) is 0 Å². The van der Waals surface area contributed by atoms with Crippen molar-refractivity contribution in [3.8, 4) is 0 Å². The van der Waals surface area contributed by atoms with Gasteiger partial charge in [0.05, 0.1) is 12.0 Å². The Morgan fingerprint density at radius 3 is 2.55 bits per heavy atom. The number of ketones is 1. The quantitative estimate of drug-likeness (QED) is 0.511. The molecule has 1 aromatic rings. The van der Waals surface area contributed by atoms with Gasteiger partial charge in [-0.3, -0.25) is 4.79 Å². The van der Waals surface area contributed by atoms with Crippen LogP contribution in [0.4, 0.5) is 0 Å². The molecular weight excluding hydrogens is 248 g/mol. The lowest BCUT2D eigenvalue weighted by Crippen LogP contribution is -2.18. The number of allylic oxidation sites excluding steroid dienone is 1. The number of aliphatic hydroxyl groups is 1. The molecule has 0 aliphatic carbocycles. The molecule has 20 heavy (non-hydrogen) atoms. The summed E-state index contributed by atoms with van der Waals surface area (Å²) in [5.74, 6) is -0.254. The molecule has 0 aromatic heterocycles. The Hall–Kier alpha value is -1.41. The highest BCUT2D eigenvalue weighted by Crippen LogP contribution is 2.21. The Morgan fingerprint density at radius 1 is 1.25 bits per heavy atom. The number of unbranched alkanes of at least 4 members (excludes halogenated alkanes) is 3. The maximum atomic E-state index is 12.2. The Bertz CT molecular complexity index is 397. The van der Waals surface area contributed by atoms with Crippen molar-refractivity contribution in [1.82, 2.24) is 0 Å². The summed E-state index contributed by atoms with van der Waals surface area (Å²) in [5, 5.41) is 9.96. The van der Waals surface area contributed by atoms with Gasteiger partial charge in [0.15, 0.2) is 0 Å². The van der Waals surface area contributed by atoms with Crippen LogP contribution in [0.3, 0.4) is 0 Å². The van der Waals surface area contributed by atoms with Crippen LogP contribution in [-0.4, -0.2) is 17.0 Å². The minimum Gasteiger partial charge on any atom is -0.393 e. The molecule has 2 unspecified atom stereocenters. The lowest BCUT2D eigenvalue weighted by molar-refractivity contribution is -0.121. The van der Waals surface area contributed by atoms with Crippen LogP contribution in [0.1, 0.15) is 56.9 Å². The largest absolute Gasteiger partial charge is 0.393 e. The summed E-state index contributed by atoms with van der Waals surface area (Å²) in [6.45, 7) is 5.91. The fraction of sp³-hybridized carbons (Fsp3) is 0.500. The van der Waals surface area contributed by atoms with Crippen LogP contribution < -0.4 is 0 Å². The second kappa shape index (κ2) is 9.49.